The number of likely N-dealkylation sites (tertiary alicyclic amines) is 1. The Bertz CT molecular complexity index is 530. The number of fused-ring (bicyclic) bond motifs is 1. The first-order valence-corrected chi connectivity index (χ1v) is 7.66. The van der Waals surface area contributed by atoms with E-state index in [4.69, 9.17) is 4.74 Å². The number of rotatable bonds is 3. The second kappa shape index (κ2) is 5.42. The van der Waals surface area contributed by atoms with Crippen LogP contribution in [0.25, 0.3) is 0 Å². The summed E-state index contributed by atoms with van der Waals surface area (Å²) in [5.74, 6) is -0.00674. The number of aryl methyl sites for hydroxylation is 1. The average Bonchev–Trinajstić information content (AvgIpc) is 3.11. The first-order valence-electron chi connectivity index (χ1n) is 7.66. The first kappa shape index (κ1) is 14.5. The van der Waals surface area contributed by atoms with Crippen LogP contribution in [0.1, 0.15) is 43.0 Å². The zero-order chi connectivity index (χ0) is 15.0. The van der Waals surface area contributed by atoms with E-state index in [0.717, 1.165) is 25.8 Å². The smallest absolute Gasteiger partial charge is 0.257 e. The summed E-state index contributed by atoms with van der Waals surface area (Å²) >= 11 is 0. The van der Waals surface area contributed by atoms with E-state index < -0.39 is 0 Å². The molecule has 2 aliphatic rings. The number of ether oxygens (including phenoxy) is 1. The standard InChI is InChI=1S/C15H23N3O3/c1-3-17-10-11(9-16-17)14(20)18-7-6-15(21-2)5-4-12(19)8-13(15)18/h9-10,12-13,19H,3-8H2,1-2H3/t12-,13-,15+/m0/s1. The molecule has 2 heterocycles. The second-order valence-electron chi connectivity index (χ2n) is 6.05. The van der Waals surface area contributed by atoms with Gasteiger partial charge < -0.3 is 14.7 Å². The van der Waals surface area contributed by atoms with Gasteiger partial charge in [-0.2, -0.15) is 5.10 Å². The van der Waals surface area contributed by atoms with E-state index in [0.29, 0.717) is 18.5 Å². The molecule has 0 aromatic carbocycles. The molecule has 3 rings (SSSR count). The van der Waals surface area contributed by atoms with Crippen LogP contribution >= 0.6 is 0 Å². The van der Waals surface area contributed by atoms with Gasteiger partial charge in [0.2, 0.25) is 0 Å². The predicted octanol–water partition coefficient (Wildman–Crippen LogP) is 1.05. The van der Waals surface area contributed by atoms with Crippen LogP contribution in [0.3, 0.4) is 0 Å². The molecule has 1 amide bonds. The number of aromatic nitrogens is 2. The normalized spacial score (nSPS) is 32.2. The Morgan fingerprint density at radius 1 is 1.57 bits per heavy atom. The third kappa shape index (κ3) is 2.36. The highest BCUT2D eigenvalue weighted by molar-refractivity contribution is 5.94. The Morgan fingerprint density at radius 3 is 3.05 bits per heavy atom. The molecular weight excluding hydrogens is 270 g/mol. The molecule has 1 saturated heterocycles. The first-order chi connectivity index (χ1) is 10.1. The molecule has 6 nitrogen and oxygen atoms in total. The van der Waals surface area contributed by atoms with Gasteiger partial charge in [0.1, 0.15) is 0 Å². The number of nitrogens with zero attached hydrogens (tertiary/aromatic N) is 3. The SMILES string of the molecule is CCn1cc(C(=O)N2CC[C@]3(OC)CC[C@H](O)C[C@H]23)cn1. The molecule has 116 valence electrons. The highest BCUT2D eigenvalue weighted by Crippen LogP contribution is 2.42. The van der Waals surface area contributed by atoms with E-state index in [1.54, 1.807) is 24.2 Å². The number of aliphatic hydroxyl groups is 1. The van der Waals surface area contributed by atoms with Crippen molar-refractivity contribution < 1.29 is 14.6 Å². The van der Waals surface area contributed by atoms with E-state index >= 15 is 0 Å². The van der Waals surface area contributed by atoms with Crippen molar-refractivity contribution in [1.29, 1.82) is 0 Å². The van der Waals surface area contributed by atoms with Gasteiger partial charge >= 0.3 is 0 Å². The van der Waals surface area contributed by atoms with E-state index in [2.05, 4.69) is 5.10 Å². The Hall–Kier alpha value is -1.40. The molecule has 1 saturated carbocycles. The van der Waals surface area contributed by atoms with Gasteiger partial charge in [-0.3, -0.25) is 9.48 Å². The maximum absolute atomic E-state index is 12.7. The molecule has 0 bridgehead atoms. The molecule has 0 spiro atoms. The summed E-state index contributed by atoms with van der Waals surface area (Å²) < 4.78 is 7.52. The maximum Gasteiger partial charge on any atom is 0.257 e. The minimum absolute atomic E-state index is 0.00674. The van der Waals surface area contributed by atoms with Gasteiger partial charge in [0.15, 0.2) is 0 Å². The van der Waals surface area contributed by atoms with Crippen molar-refractivity contribution in [1.82, 2.24) is 14.7 Å². The fraction of sp³-hybridized carbons (Fsp3) is 0.733. The second-order valence-corrected chi connectivity index (χ2v) is 6.05. The Morgan fingerprint density at radius 2 is 2.38 bits per heavy atom. The highest BCUT2D eigenvalue weighted by atomic mass is 16.5. The summed E-state index contributed by atoms with van der Waals surface area (Å²) in [5.41, 5.74) is 0.333. The molecule has 6 heteroatoms. The minimum Gasteiger partial charge on any atom is -0.393 e. The van der Waals surface area contributed by atoms with Crippen LogP contribution in [0.2, 0.25) is 0 Å². The van der Waals surface area contributed by atoms with Gasteiger partial charge in [-0.1, -0.05) is 0 Å². The van der Waals surface area contributed by atoms with Gasteiger partial charge in [0.25, 0.3) is 5.91 Å². The molecule has 1 aliphatic carbocycles. The number of aliphatic hydroxyl groups excluding tert-OH is 1. The van der Waals surface area contributed by atoms with Gasteiger partial charge in [-0.05, 0) is 32.6 Å². The molecule has 1 aliphatic heterocycles. The summed E-state index contributed by atoms with van der Waals surface area (Å²) in [5, 5.41) is 14.1. The van der Waals surface area contributed by atoms with Crippen LogP contribution in [-0.4, -0.2) is 57.1 Å². The molecule has 1 aromatic rings. The molecule has 2 fully saturated rings. The Labute approximate surface area is 124 Å². The molecular formula is C15H23N3O3. The molecule has 1 N–H and O–H groups in total. The molecule has 3 atom stereocenters. The quantitative estimate of drug-likeness (QED) is 0.904. The zero-order valence-electron chi connectivity index (χ0n) is 12.7. The Balaban J connectivity index is 1.83. The van der Waals surface area contributed by atoms with Crippen molar-refractivity contribution in [2.24, 2.45) is 0 Å². The van der Waals surface area contributed by atoms with Gasteiger partial charge in [-0.15, -0.1) is 0 Å². The van der Waals surface area contributed by atoms with Crippen molar-refractivity contribution in [3.8, 4) is 0 Å². The van der Waals surface area contributed by atoms with Crippen molar-refractivity contribution in [3.05, 3.63) is 18.0 Å². The van der Waals surface area contributed by atoms with Crippen LogP contribution in [-0.2, 0) is 11.3 Å². The third-order valence-corrected chi connectivity index (χ3v) is 5.03. The van der Waals surface area contributed by atoms with Crippen molar-refractivity contribution in [3.63, 3.8) is 0 Å². The number of carbonyl (C=O) groups is 1. The predicted molar refractivity (Wildman–Crippen MR) is 76.9 cm³/mol. The lowest BCUT2D eigenvalue weighted by atomic mass is 9.79. The average molecular weight is 293 g/mol. The summed E-state index contributed by atoms with van der Waals surface area (Å²) in [7, 11) is 1.72. The molecule has 1 aromatic heterocycles. The van der Waals surface area contributed by atoms with Gasteiger partial charge in [0, 0.05) is 26.4 Å². The van der Waals surface area contributed by atoms with Crippen LogP contribution < -0.4 is 0 Å². The summed E-state index contributed by atoms with van der Waals surface area (Å²) in [6, 6.07) is -0.0382. The van der Waals surface area contributed by atoms with Gasteiger partial charge in [0.05, 0.1) is 29.5 Å². The van der Waals surface area contributed by atoms with E-state index in [1.807, 2.05) is 11.8 Å². The molecule has 21 heavy (non-hydrogen) atoms. The monoisotopic (exact) mass is 293 g/mol. The lowest BCUT2D eigenvalue weighted by Gasteiger charge is -2.42. The summed E-state index contributed by atoms with van der Waals surface area (Å²) in [6.07, 6.45) is 6.07. The largest absolute Gasteiger partial charge is 0.393 e. The lowest BCUT2D eigenvalue weighted by molar-refractivity contribution is -0.0824. The summed E-state index contributed by atoms with van der Waals surface area (Å²) in [4.78, 5) is 14.6. The number of hydrogen-bond donors (Lipinski definition) is 1. The number of amides is 1. The fourth-order valence-electron chi connectivity index (χ4n) is 3.73. The van der Waals surface area contributed by atoms with Crippen molar-refractivity contribution in [2.75, 3.05) is 13.7 Å². The summed E-state index contributed by atoms with van der Waals surface area (Å²) in [6.45, 7) is 3.42. The topological polar surface area (TPSA) is 67.6 Å². The minimum atomic E-state index is -0.343. The number of methoxy groups -OCH3 is 1. The molecule has 0 radical (unpaired) electrons. The van der Waals surface area contributed by atoms with Crippen molar-refractivity contribution in [2.45, 2.75) is 56.9 Å². The zero-order valence-corrected chi connectivity index (χ0v) is 12.7. The Kier molecular flexibility index (Phi) is 3.75. The van der Waals surface area contributed by atoms with E-state index in [9.17, 15) is 9.90 Å². The highest BCUT2D eigenvalue weighted by Gasteiger charge is 2.52. The van der Waals surface area contributed by atoms with E-state index in [-0.39, 0.29) is 23.7 Å². The lowest BCUT2D eigenvalue weighted by Crippen LogP contribution is -2.52. The van der Waals surface area contributed by atoms with Crippen LogP contribution in [0.5, 0.6) is 0 Å². The number of carbonyl (C=O) groups excluding carboxylic acids is 1. The van der Waals surface area contributed by atoms with Crippen LogP contribution in [0.4, 0.5) is 0 Å². The van der Waals surface area contributed by atoms with Crippen LogP contribution in [0.15, 0.2) is 12.4 Å². The fourth-order valence-corrected chi connectivity index (χ4v) is 3.73. The van der Waals surface area contributed by atoms with E-state index in [1.165, 1.54) is 0 Å². The van der Waals surface area contributed by atoms with Crippen molar-refractivity contribution >= 4 is 5.91 Å². The van der Waals surface area contributed by atoms with Crippen LogP contribution in [0, 0.1) is 0 Å². The maximum atomic E-state index is 12.7. The number of hydrogen-bond acceptors (Lipinski definition) is 4. The third-order valence-electron chi connectivity index (χ3n) is 5.03. The molecule has 0 unspecified atom stereocenters. The van der Waals surface area contributed by atoms with Gasteiger partial charge in [-0.25, -0.2) is 0 Å².